The van der Waals surface area contributed by atoms with Gasteiger partial charge in [0.2, 0.25) is 5.91 Å². The SMILES string of the molecule is NC(=O)C1CN(C(=O)Nc2ccc(C(=O)NCc3ccccc3)cc2)CCO1. The molecule has 0 radical (unpaired) electrons. The van der Waals surface area contributed by atoms with Gasteiger partial charge in [0.1, 0.15) is 0 Å². The lowest BCUT2D eigenvalue weighted by Gasteiger charge is -2.31. The molecule has 4 amide bonds. The van der Waals surface area contributed by atoms with E-state index in [1.54, 1.807) is 24.3 Å². The van der Waals surface area contributed by atoms with Crippen molar-refractivity contribution < 1.29 is 19.1 Å². The number of carbonyl (C=O) groups is 3. The van der Waals surface area contributed by atoms with Crippen LogP contribution < -0.4 is 16.4 Å². The zero-order valence-corrected chi connectivity index (χ0v) is 15.3. The number of ether oxygens (including phenoxy) is 1. The largest absolute Gasteiger partial charge is 0.367 e. The quantitative estimate of drug-likeness (QED) is 0.724. The van der Waals surface area contributed by atoms with Gasteiger partial charge in [0.25, 0.3) is 5.91 Å². The smallest absolute Gasteiger partial charge is 0.322 e. The van der Waals surface area contributed by atoms with E-state index in [0.29, 0.717) is 24.3 Å². The first-order chi connectivity index (χ1) is 13.5. The number of benzene rings is 2. The third kappa shape index (κ3) is 5.08. The summed E-state index contributed by atoms with van der Waals surface area (Å²) in [6.07, 6.45) is -0.796. The molecule has 28 heavy (non-hydrogen) atoms. The monoisotopic (exact) mass is 382 g/mol. The van der Waals surface area contributed by atoms with Crippen molar-refractivity contribution in [3.05, 3.63) is 65.7 Å². The maximum absolute atomic E-state index is 12.3. The Kier molecular flexibility index (Phi) is 6.23. The summed E-state index contributed by atoms with van der Waals surface area (Å²) < 4.78 is 5.23. The summed E-state index contributed by atoms with van der Waals surface area (Å²) in [5, 5.41) is 5.59. The second kappa shape index (κ2) is 9.01. The van der Waals surface area contributed by atoms with Crippen molar-refractivity contribution in [2.45, 2.75) is 12.6 Å². The number of anilines is 1. The number of carbonyl (C=O) groups excluding carboxylic acids is 3. The molecular formula is C20H22N4O4. The molecule has 1 fully saturated rings. The van der Waals surface area contributed by atoms with Crippen LogP contribution in [0.4, 0.5) is 10.5 Å². The van der Waals surface area contributed by atoms with Gasteiger partial charge in [-0.1, -0.05) is 30.3 Å². The Bertz CT molecular complexity index is 839. The molecule has 8 heteroatoms. The van der Waals surface area contributed by atoms with Crippen LogP contribution in [0.1, 0.15) is 15.9 Å². The first-order valence-electron chi connectivity index (χ1n) is 8.92. The third-order valence-corrected chi connectivity index (χ3v) is 4.37. The summed E-state index contributed by atoms with van der Waals surface area (Å²) in [5.74, 6) is -0.789. The number of morpholine rings is 1. The lowest BCUT2D eigenvalue weighted by atomic mass is 10.1. The first-order valence-corrected chi connectivity index (χ1v) is 8.92. The summed E-state index contributed by atoms with van der Waals surface area (Å²) in [6.45, 7) is 1.18. The van der Waals surface area contributed by atoms with Gasteiger partial charge >= 0.3 is 6.03 Å². The molecule has 2 aromatic carbocycles. The molecule has 1 atom stereocenters. The Balaban J connectivity index is 1.53. The predicted octanol–water partition coefficient (Wildman–Crippen LogP) is 1.33. The minimum absolute atomic E-state index is 0.112. The normalized spacial score (nSPS) is 16.3. The predicted molar refractivity (Wildman–Crippen MR) is 104 cm³/mol. The Morgan fingerprint density at radius 2 is 1.79 bits per heavy atom. The van der Waals surface area contributed by atoms with Crippen LogP contribution in [-0.2, 0) is 16.1 Å². The van der Waals surface area contributed by atoms with E-state index in [0.717, 1.165) is 5.56 Å². The van der Waals surface area contributed by atoms with Gasteiger partial charge in [0.05, 0.1) is 13.2 Å². The zero-order valence-electron chi connectivity index (χ0n) is 15.3. The van der Waals surface area contributed by atoms with E-state index in [1.807, 2.05) is 30.3 Å². The molecule has 0 bridgehead atoms. The van der Waals surface area contributed by atoms with Crippen LogP contribution in [0.5, 0.6) is 0 Å². The van der Waals surface area contributed by atoms with Crippen molar-refractivity contribution in [2.75, 3.05) is 25.0 Å². The van der Waals surface area contributed by atoms with Crippen LogP contribution in [0.3, 0.4) is 0 Å². The highest BCUT2D eigenvalue weighted by Crippen LogP contribution is 2.13. The molecule has 0 aromatic heterocycles. The van der Waals surface area contributed by atoms with Gasteiger partial charge in [-0.25, -0.2) is 4.79 Å². The van der Waals surface area contributed by atoms with Gasteiger partial charge in [-0.05, 0) is 29.8 Å². The highest BCUT2D eigenvalue weighted by Gasteiger charge is 2.27. The Morgan fingerprint density at radius 3 is 2.46 bits per heavy atom. The van der Waals surface area contributed by atoms with Gasteiger partial charge in [-0.15, -0.1) is 0 Å². The number of hydrogen-bond acceptors (Lipinski definition) is 4. The fraction of sp³-hybridized carbons (Fsp3) is 0.250. The average Bonchev–Trinajstić information content (AvgIpc) is 2.73. The van der Waals surface area contributed by atoms with Gasteiger partial charge in [0, 0.05) is 24.3 Å². The molecule has 2 aromatic rings. The molecule has 1 aliphatic rings. The molecule has 3 rings (SSSR count). The number of rotatable bonds is 5. The van der Waals surface area contributed by atoms with Crippen LogP contribution >= 0.6 is 0 Å². The number of nitrogens with zero attached hydrogens (tertiary/aromatic N) is 1. The van der Waals surface area contributed by atoms with Crippen LogP contribution in [0, 0.1) is 0 Å². The molecule has 1 heterocycles. The molecule has 1 saturated heterocycles. The molecule has 1 aliphatic heterocycles. The summed E-state index contributed by atoms with van der Waals surface area (Å²) in [4.78, 5) is 37.3. The Hall–Kier alpha value is -3.39. The summed E-state index contributed by atoms with van der Waals surface area (Å²) in [7, 11) is 0. The van der Waals surface area contributed by atoms with Crippen molar-refractivity contribution in [3.8, 4) is 0 Å². The minimum Gasteiger partial charge on any atom is -0.367 e. The van der Waals surface area contributed by atoms with E-state index >= 15 is 0 Å². The van der Waals surface area contributed by atoms with Crippen LogP contribution in [-0.4, -0.2) is 48.5 Å². The highest BCUT2D eigenvalue weighted by atomic mass is 16.5. The summed E-state index contributed by atoms with van der Waals surface area (Å²) >= 11 is 0. The van der Waals surface area contributed by atoms with Crippen LogP contribution in [0.25, 0.3) is 0 Å². The lowest BCUT2D eigenvalue weighted by molar-refractivity contribution is -0.133. The van der Waals surface area contributed by atoms with Crippen LogP contribution in [0.15, 0.2) is 54.6 Å². The standard InChI is InChI=1S/C20H22N4O4/c21-18(25)17-13-24(10-11-28-17)20(27)23-16-8-6-15(7-9-16)19(26)22-12-14-4-2-1-3-5-14/h1-9,17H,10-13H2,(H2,21,25)(H,22,26)(H,23,27). The Labute approximate surface area is 162 Å². The van der Waals surface area contributed by atoms with Crippen molar-refractivity contribution in [3.63, 3.8) is 0 Å². The molecule has 8 nitrogen and oxygen atoms in total. The molecule has 0 saturated carbocycles. The van der Waals surface area contributed by atoms with Crippen molar-refractivity contribution in [1.82, 2.24) is 10.2 Å². The number of urea groups is 1. The molecule has 0 aliphatic carbocycles. The molecule has 146 valence electrons. The van der Waals surface area contributed by atoms with Gasteiger partial charge in [-0.2, -0.15) is 0 Å². The van der Waals surface area contributed by atoms with Crippen molar-refractivity contribution in [2.24, 2.45) is 5.73 Å². The molecule has 1 unspecified atom stereocenters. The lowest BCUT2D eigenvalue weighted by Crippen LogP contribution is -2.51. The number of nitrogens with two attached hydrogens (primary N) is 1. The van der Waals surface area contributed by atoms with Gasteiger partial charge in [0.15, 0.2) is 6.10 Å². The Morgan fingerprint density at radius 1 is 1.07 bits per heavy atom. The summed E-state index contributed by atoms with van der Waals surface area (Å²) in [5.41, 5.74) is 7.28. The summed E-state index contributed by atoms with van der Waals surface area (Å²) in [6, 6.07) is 15.9. The van der Waals surface area contributed by atoms with Gasteiger partial charge in [-0.3, -0.25) is 9.59 Å². The van der Waals surface area contributed by atoms with E-state index < -0.39 is 12.0 Å². The number of hydrogen-bond donors (Lipinski definition) is 3. The average molecular weight is 382 g/mol. The third-order valence-electron chi connectivity index (χ3n) is 4.37. The molecule has 4 N–H and O–H groups in total. The van der Waals surface area contributed by atoms with Gasteiger partial charge < -0.3 is 26.0 Å². The second-order valence-electron chi connectivity index (χ2n) is 6.38. The first kappa shape index (κ1) is 19.4. The maximum atomic E-state index is 12.3. The second-order valence-corrected chi connectivity index (χ2v) is 6.38. The van der Waals surface area contributed by atoms with E-state index in [4.69, 9.17) is 10.5 Å². The van der Waals surface area contributed by atoms with E-state index in [9.17, 15) is 14.4 Å². The zero-order chi connectivity index (χ0) is 19.9. The van der Waals surface area contributed by atoms with E-state index in [2.05, 4.69) is 10.6 Å². The molecule has 0 spiro atoms. The maximum Gasteiger partial charge on any atom is 0.322 e. The van der Waals surface area contributed by atoms with E-state index in [1.165, 1.54) is 4.90 Å². The number of nitrogens with one attached hydrogen (secondary N) is 2. The topological polar surface area (TPSA) is 114 Å². The fourth-order valence-electron chi connectivity index (χ4n) is 2.79. The fourth-order valence-corrected chi connectivity index (χ4v) is 2.79. The number of amides is 4. The number of primary amides is 1. The van der Waals surface area contributed by atoms with Crippen LogP contribution in [0.2, 0.25) is 0 Å². The van der Waals surface area contributed by atoms with E-state index in [-0.39, 0.29) is 25.1 Å². The van der Waals surface area contributed by atoms with Crippen molar-refractivity contribution in [1.29, 1.82) is 0 Å². The molecular weight excluding hydrogens is 360 g/mol. The minimum atomic E-state index is -0.796. The highest BCUT2D eigenvalue weighted by molar-refractivity contribution is 5.95. The van der Waals surface area contributed by atoms with Crippen molar-refractivity contribution >= 4 is 23.5 Å².